The molecule has 0 saturated carbocycles. The van der Waals surface area contributed by atoms with E-state index in [1.807, 2.05) is 6.07 Å². The number of carbonyl (C=O) groups excluding carboxylic acids is 1. The predicted octanol–water partition coefficient (Wildman–Crippen LogP) is 5.60. The largest absolute Gasteiger partial charge is 0.469 e. The molecular weight excluding hydrogens is 461 g/mol. The van der Waals surface area contributed by atoms with E-state index in [9.17, 15) is 22.4 Å². The van der Waals surface area contributed by atoms with Gasteiger partial charge in [-0.3, -0.25) is 4.79 Å². The van der Waals surface area contributed by atoms with Gasteiger partial charge in [0.25, 0.3) is 5.60 Å². The van der Waals surface area contributed by atoms with Gasteiger partial charge in [-0.15, -0.1) is 0 Å². The lowest BCUT2D eigenvalue weighted by molar-refractivity contribution is -0.275. The highest BCUT2D eigenvalue weighted by Crippen LogP contribution is 2.50. The average Bonchev–Trinajstić information content (AvgIpc) is 3.36. The molecule has 2 unspecified atom stereocenters. The van der Waals surface area contributed by atoms with Crippen LogP contribution in [-0.2, 0) is 32.8 Å². The topological polar surface area (TPSA) is 47.9 Å². The highest BCUT2D eigenvalue weighted by molar-refractivity contribution is 6.35. The van der Waals surface area contributed by atoms with Crippen molar-refractivity contribution in [1.82, 2.24) is 0 Å². The van der Waals surface area contributed by atoms with Gasteiger partial charge in [-0.2, -0.15) is 13.2 Å². The summed E-state index contributed by atoms with van der Waals surface area (Å²) in [5.74, 6) is -1.81. The second-order valence-electron chi connectivity index (χ2n) is 7.46. The Morgan fingerprint density at radius 2 is 1.90 bits per heavy atom. The van der Waals surface area contributed by atoms with E-state index < -0.39 is 45.5 Å². The van der Waals surface area contributed by atoms with E-state index in [2.05, 4.69) is 5.16 Å². The molecule has 0 amide bonds. The Morgan fingerprint density at radius 1 is 1.23 bits per heavy atom. The third-order valence-corrected chi connectivity index (χ3v) is 6.22. The van der Waals surface area contributed by atoms with Crippen LogP contribution >= 0.6 is 23.2 Å². The zero-order valence-corrected chi connectivity index (χ0v) is 17.5. The molecule has 4 nitrogen and oxygen atoms in total. The third-order valence-electron chi connectivity index (χ3n) is 5.67. The van der Waals surface area contributed by atoms with E-state index >= 15 is 0 Å². The molecular formula is C21H15Cl2F4NO3. The van der Waals surface area contributed by atoms with Crippen molar-refractivity contribution in [3.05, 3.63) is 68.4 Å². The second kappa shape index (κ2) is 7.67. The number of rotatable bonds is 3. The number of methoxy groups -OCH3 is 1. The van der Waals surface area contributed by atoms with Gasteiger partial charge in [0, 0.05) is 17.5 Å². The van der Waals surface area contributed by atoms with Crippen LogP contribution in [0.3, 0.4) is 0 Å². The minimum Gasteiger partial charge on any atom is -0.469 e. The number of alkyl halides is 3. The maximum Gasteiger partial charge on any atom is 0.435 e. The lowest BCUT2D eigenvalue weighted by atomic mass is 9.85. The molecule has 31 heavy (non-hydrogen) atoms. The number of ether oxygens (including phenoxy) is 1. The van der Waals surface area contributed by atoms with Gasteiger partial charge in [-0.1, -0.05) is 46.6 Å². The maximum atomic E-state index is 14.2. The summed E-state index contributed by atoms with van der Waals surface area (Å²) in [5, 5.41) is 2.65. The van der Waals surface area contributed by atoms with Crippen molar-refractivity contribution in [1.29, 1.82) is 0 Å². The van der Waals surface area contributed by atoms with Crippen LogP contribution in [0.1, 0.15) is 28.7 Å². The van der Waals surface area contributed by atoms with Gasteiger partial charge in [0.15, 0.2) is 5.82 Å². The van der Waals surface area contributed by atoms with E-state index in [0.717, 1.165) is 23.3 Å². The van der Waals surface area contributed by atoms with Crippen LogP contribution in [0, 0.1) is 11.7 Å². The van der Waals surface area contributed by atoms with Crippen LogP contribution in [0.2, 0.25) is 10.0 Å². The summed E-state index contributed by atoms with van der Waals surface area (Å²) in [6.45, 7) is 0. The molecule has 0 bridgehead atoms. The van der Waals surface area contributed by atoms with Crippen molar-refractivity contribution in [3.63, 3.8) is 0 Å². The van der Waals surface area contributed by atoms with Crippen LogP contribution in [0.25, 0.3) is 0 Å². The van der Waals surface area contributed by atoms with Crippen LogP contribution in [0.5, 0.6) is 0 Å². The Bertz CT molecular complexity index is 1080. The molecule has 2 aromatic rings. The highest BCUT2D eigenvalue weighted by Gasteiger charge is 2.62. The zero-order chi connectivity index (χ0) is 22.6. The van der Waals surface area contributed by atoms with Gasteiger partial charge in [0.2, 0.25) is 0 Å². The molecule has 0 spiro atoms. The normalized spacial score (nSPS) is 22.7. The van der Waals surface area contributed by atoms with Crippen molar-refractivity contribution < 1.29 is 31.9 Å². The highest BCUT2D eigenvalue weighted by atomic mass is 35.5. The van der Waals surface area contributed by atoms with Crippen molar-refractivity contribution in [2.45, 2.75) is 31.0 Å². The van der Waals surface area contributed by atoms with Crippen molar-refractivity contribution in [3.8, 4) is 0 Å². The van der Waals surface area contributed by atoms with E-state index in [-0.39, 0.29) is 11.7 Å². The number of oxime groups is 1. The number of hydrogen-bond acceptors (Lipinski definition) is 4. The van der Waals surface area contributed by atoms with Crippen LogP contribution in [0.15, 0.2) is 35.5 Å². The van der Waals surface area contributed by atoms with Crippen LogP contribution in [0.4, 0.5) is 17.6 Å². The van der Waals surface area contributed by atoms with Crippen molar-refractivity contribution in [2.75, 3.05) is 7.11 Å². The number of carbonyl (C=O) groups is 1. The van der Waals surface area contributed by atoms with Gasteiger partial charge in [0.1, 0.15) is 0 Å². The number of esters is 1. The van der Waals surface area contributed by atoms with Gasteiger partial charge < -0.3 is 9.57 Å². The molecule has 2 aromatic carbocycles. The monoisotopic (exact) mass is 475 g/mol. The average molecular weight is 476 g/mol. The molecule has 0 fully saturated rings. The fraction of sp³-hybridized carbons (Fsp3) is 0.333. The molecule has 2 atom stereocenters. The smallest absolute Gasteiger partial charge is 0.435 e. The third kappa shape index (κ3) is 3.55. The fourth-order valence-corrected chi connectivity index (χ4v) is 4.58. The lowest BCUT2D eigenvalue weighted by Gasteiger charge is -2.29. The van der Waals surface area contributed by atoms with Gasteiger partial charge in [0.05, 0.1) is 28.8 Å². The molecule has 0 saturated heterocycles. The Labute approximate surface area is 184 Å². The summed E-state index contributed by atoms with van der Waals surface area (Å²) in [5.41, 5.74) is -1.21. The number of fused-ring (bicyclic) bond motifs is 1. The molecule has 1 heterocycles. The van der Waals surface area contributed by atoms with Crippen LogP contribution < -0.4 is 0 Å². The number of benzene rings is 2. The molecule has 10 heteroatoms. The van der Waals surface area contributed by atoms with Gasteiger partial charge >= 0.3 is 12.1 Å². The SMILES string of the molecule is COC(=O)C1Cc2cccc(C3=NOC(c4cc(Cl)c(F)c(Cl)c4)(C(F)(F)F)C3)c2C1. The lowest BCUT2D eigenvalue weighted by Crippen LogP contribution is -2.42. The standard InChI is InChI=1S/C21H15Cl2F4NO3/c1-30-19(29)11-5-10-3-2-4-13(14(10)6-11)17-9-20(31-28-17,21(25,26)27)12-7-15(22)18(24)16(23)8-12/h2-4,7-8,11H,5-6,9H2,1H3. The minimum absolute atomic E-state index is 0.0660. The summed E-state index contributed by atoms with van der Waals surface area (Å²) in [6, 6.07) is 6.83. The van der Waals surface area contributed by atoms with Crippen molar-refractivity contribution in [2.24, 2.45) is 11.1 Å². The molecule has 4 rings (SSSR count). The minimum atomic E-state index is -4.89. The summed E-state index contributed by atoms with van der Waals surface area (Å²) >= 11 is 11.5. The van der Waals surface area contributed by atoms with Gasteiger partial charge in [-0.05, 0) is 36.1 Å². The molecule has 0 N–H and O–H groups in total. The van der Waals surface area contributed by atoms with Crippen LogP contribution in [-0.4, -0.2) is 25.0 Å². The second-order valence-corrected chi connectivity index (χ2v) is 8.27. The quantitative estimate of drug-likeness (QED) is 0.329. The van der Waals surface area contributed by atoms with E-state index in [1.165, 1.54) is 7.11 Å². The molecule has 2 aliphatic rings. The van der Waals surface area contributed by atoms with Gasteiger partial charge in [-0.25, -0.2) is 4.39 Å². The number of hydrogen-bond donors (Lipinski definition) is 0. The van der Waals surface area contributed by atoms with E-state index in [1.54, 1.807) is 12.1 Å². The van der Waals surface area contributed by atoms with E-state index in [0.29, 0.717) is 18.4 Å². The number of halogens is 6. The Hall–Kier alpha value is -2.32. The Balaban J connectivity index is 1.73. The summed E-state index contributed by atoms with van der Waals surface area (Å²) in [7, 11) is 1.29. The molecule has 0 radical (unpaired) electrons. The summed E-state index contributed by atoms with van der Waals surface area (Å²) < 4.78 is 61.2. The van der Waals surface area contributed by atoms with Crippen molar-refractivity contribution >= 4 is 34.9 Å². The predicted molar refractivity (Wildman–Crippen MR) is 106 cm³/mol. The molecule has 164 valence electrons. The first-order chi connectivity index (χ1) is 14.6. The first kappa shape index (κ1) is 21.9. The zero-order valence-electron chi connectivity index (χ0n) is 16.0. The Kier molecular flexibility index (Phi) is 5.42. The maximum absolute atomic E-state index is 14.2. The first-order valence-electron chi connectivity index (χ1n) is 9.23. The molecule has 1 aliphatic heterocycles. The summed E-state index contributed by atoms with van der Waals surface area (Å²) in [6.07, 6.45) is -4.80. The molecule has 0 aromatic heterocycles. The van der Waals surface area contributed by atoms with E-state index in [4.69, 9.17) is 32.8 Å². The fourth-order valence-electron chi connectivity index (χ4n) is 4.09. The number of nitrogens with zero attached hydrogens (tertiary/aromatic N) is 1. The Morgan fingerprint density at radius 3 is 2.52 bits per heavy atom. The first-order valence-corrected chi connectivity index (χ1v) is 9.98. The molecule has 1 aliphatic carbocycles. The summed E-state index contributed by atoms with van der Waals surface area (Å²) in [4.78, 5) is 16.9.